The summed E-state index contributed by atoms with van der Waals surface area (Å²) in [5.41, 5.74) is 5.00. The fraction of sp³-hybridized carbons (Fsp3) is 0.222. The van der Waals surface area contributed by atoms with Gasteiger partial charge >= 0.3 is 0 Å². The average molecular weight is 366 g/mol. The van der Waals surface area contributed by atoms with Gasteiger partial charge in [-0.25, -0.2) is 0 Å². The quantitative estimate of drug-likeness (QED) is 0.356. The molecule has 140 valence electrons. The van der Waals surface area contributed by atoms with Gasteiger partial charge in [0, 0.05) is 17.0 Å². The number of hydrogen-bond acceptors (Lipinski definition) is 1. The van der Waals surface area contributed by atoms with Crippen molar-refractivity contribution in [2.45, 2.75) is 38.0 Å². The van der Waals surface area contributed by atoms with Crippen molar-refractivity contribution in [3.8, 4) is 11.1 Å². The lowest BCUT2D eigenvalue weighted by atomic mass is 9.86. The Labute approximate surface area is 168 Å². The lowest BCUT2D eigenvalue weighted by molar-refractivity contribution is 0.437. The predicted molar refractivity (Wildman–Crippen MR) is 119 cm³/mol. The van der Waals surface area contributed by atoms with Gasteiger partial charge < -0.3 is 0 Å². The second kappa shape index (κ2) is 9.32. The van der Waals surface area contributed by atoms with E-state index in [9.17, 15) is 0 Å². The molecule has 1 aromatic heterocycles. The molecule has 0 unspecified atom stereocenters. The molecule has 3 aromatic carbocycles. The van der Waals surface area contributed by atoms with Gasteiger partial charge in [-0.2, -0.15) is 0 Å². The Morgan fingerprint density at radius 1 is 0.536 bits per heavy atom. The first-order valence-electron chi connectivity index (χ1n) is 10.4. The van der Waals surface area contributed by atoms with E-state index in [4.69, 9.17) is 4.98 Å². The van der Waals surface area contributed by atoms with Crippen LogP contribution in [-0.4, -0.2) is 4.98 Å². The summed E-state index contributed by atoms with van der Waals surface area (Å²) in [5, 5.41) is 1.25. The smallest absolute Gasteiger partial charge is 0.0705 e. The molecule has 1 heteroatoms. The van der Waals surface area contributed by atoms with Gasteiger partial charge in [0.05, 0.1) is 5.52 Å². The molecular weight excluding hydrogens is 338 g/mol. The number of para-hydroxylation sites is 1. The first kappa shape index (κ1) is 18.4. The van der Waals surface area contributed by atoms with Crippen molar-refractivity contribution in [1.29, 1.82) is 0 Å². The van der Waals surface area contributed by atoms with E-state index in [1.807, 2.05) is 12.1 Å². The summed E-state index contributed by atoms with van der Waals surface area (Å²) in [7, 11) is 0. The molecule has 0 radical (unpaired) electrons. The molecule has 0 saturated heterocycles. The third kappa shape index (κ3) is 4.67. The van der Waals surface area contributed by atoms with Crippen LogP contribution >= 0.6 is 0 Å². The molecule has 1 aliphatic rings. The number of hydrogen-bond donors (Lipinski definition) is 0. The first-order chi connectivity index (χ1) is 13.9. The lowest BCUT2D eigenvalue weighted by Crippen LogP contribution is -2.06. The molecule has 28 heavy (non-hydrogen) atoms. The highest BCUT2D eigenvalue weighted by Crippen LogP contribution is 2.32. The van der Waals surface area contributed by atoms with Gasteiger partial charge in [0.15, 0.2) is 0 Å². The van der Waals surface area contributed by atoms with Gasteiger partial charge in [-0.15, -0.1) is 0 Å². The molecule has 5 rings (SSSR count). The molecular formula is C27H27N. The van der Waals surface area contributed by atoms with Crippen LogP contribution in [0.2, 0.25) is 0 Å². The van der Waals surface area contributed by atoms with Gasteiger partial charge in [0.25, 0.3) is 0 Å². The number of rotatable bonds is 2. The molecule has 0 spiro atoms. The van der Waals surface area contributed by atoms with E-state index in [-0.39, 0.29) is 0 Å². The van der Waals surface area contributed by atoms with Crippen LogP contribution in [0.4, 0.5) is 0 Å². The number of aromatic nitrogens is 1. The van der Waals surface area contributed by atoms with Crippen molar-refractivity contribution in [2.24, 2.45) is 0 Å². The van der Waals surface area contributed by atoms with Crippen LogP contribution in [0.1, 0.15) is 43.7 Å². The molecule has 0 bridgehead atoms. The summed E-state index contributed by atoms with van der Waals surface area (Å²) in [6.45, 7) is 0. The van der Waals surface area contributed by atoms with E-state index < -0.39 is 0 Å². The Morgan fingerprint density at radius 3 is 1.75 bits per heavy atom. The van der Waals surface area contributed by atoms with E-state index in [1.54, 1.807) is 0 Å². The molecule has 1 nitrogen and oxygen atoms in total. The maximum atomic E-state index is 4.80. The molecule has 0 amide bonds. The lowest BCUT2D eigenvalue weighted by Gasteiger charge is -2.21. The fourth-order valence-electron chi connectivity index (χ4n) is 3.97. The summed E-state index contributed by atoms with van der Waals surface area (Å²) in [6.07, 6.45) is 6.80. The number of nitrogens with zero attached hydrogens (tertiary/aromatic N) is 1. The monoisotopic (exact) mass is 365 g/mol. The van der Waals surface area contributed by atoms with Crippen LogP contribution in [0.15, 0.2) is 97.1 Å². The Kier molecular flexibility index (Phi) is 6.14. The third-order valence-corrected chi connectivity index (χ3v) is 5.52. The maximum Gasteiger partial charge on any atom is 0.0705 e. The molecule has 0 aliphatic heterocycles. The third-order valence-electron chi connectivity index (χ3n) is 5.52. The summed E-state index contributed by atoms with van der Waals surface area (Å²) >= 11 is 0. The second-order valence-corrected chi connectivity index (χ2v) is 7.50. The fourth-order valence-corrected chi connectivity index (χ4v) is 3.97. The number of pyridine rings is 1. The van der Waals surface area contributed by atoms with Crippen molar-refractivity contribution in [3.05, 3.63) is 103 Å². The summed E-state index contributed by atoms with van der Waals surface area (Å²) < 4.78 is 0. The Bertz CT molecular complexity index is 949. The Morgan fingerprint density at radius 2 is 1.11 bits per heavy atom. The van der Waals surface area contributed by atoms with Crippen molar-refractivity contribution in [3.63, 3.8) is 0 Å². The zero-order chi connectivity index (χ0) is 19.0. The van der Waals surface area contributed by atoms with Crippen LogP contribution in [0.25, 0.3) is 22.0 Å². The molecule has 1 heterocycles. The molecule has 1 aliphatic carbocycles. The van der Waals surface area contributed by atoms with Gasteiger partial charge in [0.2, 0.25) is 0 Å². The first-order valence-corrected chi connectivity index (χ1v) is 10.4. The van der Waals surface area contributed by atoms with Crippen molar-refractivity contribution in [1.82, 2.24) is 4.98 Å². The minimum atomic E-state index is 0.707. The van der Waals surface area contributed by atoms with E-state index in [0.29, 0.717) is 5.92 Å². The number of fused-ring (bicyclic) bond motifs is 1. The minimum absolute atomic E-state index is 0.707. The summed E-state index contributed by atoms with van der Waals surface area (Å²) in [4.78, 5) is 4.80. The Balaban J connectivity index is 0.000000143. The highest BCUT2D eigenvalue weighted by molar-refractivity contribution is 5.78. The van der Waals surface area contributed by atoms with Gasteiger partial charge in [-0.3, -0.25) is 4.98 Å². The van der Waals surface area contributed by atoms with E-state index in [2.05, 4.69) is 84.9 Å². The maximum absolute atomic E-state index is 4.80. The van der Waals surface area contributed by atoms with E-state index in [1.165, 1.54) is 54.3 Å². The highest BCUT2D eigenvalue weighted by Gasteiger charge is 2.16. The summed E-state index contributed by atoms with van der Waals surface area (Å²) in [6, 6.07) is 33.6. The van der Waals surface area contributed by atoms with E-state index >= 15 is 0 Å². The van der Waals surface area contributed by atoms with Crippen LogP contribution < -0.4 is 0 Å². The van der Waals surface area contributed by atoms with Crippen LogP contribution in [0.3, 0.4) is 0 Å². The van der Waals surface area contributed by atoms with Gasteiger partial charge in [0.1, 0.15) is 0 Å². The van der Waals surface area contributed by atoms with Gasteiger partial charge in [-0.1, -0.05) is 104 Å². The largest absolute Gasteiger partial charge is 0.253 e. The second-order valence-electron chi connectivity index (χ2n) is 7.50. The Hall–Kier alpha value is -2.93. The van der Waals surface area contributed by atoms with Gasteiger partial charge in [-0.05, 0) is 36.1 Å². The minimum Gasteiger partial charge on any atom is -0.253 e. The molecule has 0 atom stereocenters. The zero-order valence-electron chi connectivity index (χ0n) is 16.3. The van der Waals surface area contributed by atoms with Crippen LogP contribution in [0, 0.1) is 0 Å². The van der Waals surface area contributed by atoms with Crippen molar-refractivity contribution < 1.29 is 0 Å². The average Bonchev–Trinajstić information content (AvgIpc) is 2.81. The normalized spacial score (nSPS) is 14.3. The topological polar surface area (TPSA) is 12.9 Å². The van der Waals surface area contributed by atoms with E-state index in [0.717, 1.165) is 5.52 Å². The standard InChI is InChI=1S/C15H17N.C12H10/c1-2-6-12(7-3-1)15-11-10-13-8-4-5-9-14(13)16-15;1-3-7-11(8-4-1)12-9-5-2-6-10-12/h4-5,8-12H,1-3,6-7H2;1-10H. The van der Waals surface area contributed by atoms with Crippen LogP contribution in [0.5, 0.6) is 0 Å². The molecule has 4 aromatic rings. The summed E-state index contributed by atoms with van der Waals surface area (Å²) in [5.74, 6) is 0.707. The van der Waals surface area contributed by atoms with Crippen molar-refractivity contribution in [2.75, 3.05) is 0 Å². The van der Waals surface area contributed by atoms with Crippen LogP contribution in [-0.2, 0) is 0 Å². The number of benzene rings is 3. The zero-order valence-corrected chi connectivity index (χ0v) is 16.3. The highest BCUT2D eigenvalue weighted by atomic mass is 14.7. The molecule has 1 fully saturated rings. The van der Waals surface area contributed by atoms with Crippen molar-refractivity contribution >= 4 is 10.9 Å². The SMILES string of the molecule is c1ccc(-c2ccccc2)cc1.c1ccc2nc(C3CCCCC3)ccc2c1. The predicted octanol–water partition coefficient (Wildman–Crippen LogP) is 7.64. The molecule has 1 saturated carbocycles. The molecule has 0 N–H and O–H groups in total.